The molecule has 1 aromatic heterocycles. The van der Waals surface area contributed by atoms with E-state index < -0.39 is 17.2 Å². The van der Waals surface area contributed by atoms with Crippen molar-refractivity contribution in [2.75, 3.05) is 0 Å². The lowest BCUT2D eigenvalue weighted by atomic mass is 10.1. The third-order valence-electron chi connectivity index (χ3n) is 3.92. The van der Waals surface area contributed by atoms with Crippen molar-refractivity contribution < 1.29 is 9.59 Å². The number of rotatable bonds is 4. The first-order valence-corrected chi connectivity index (χ1v) is 8.82. The van der Waals surface area contributed by atoms with Gasteiger partial charge in [0, 0.05) is 16.8 Å². The fourth-order valence-corrected chi connectivity index (χ4v) is 2.69. The Morgan fingerprint density at radius 3 is 2.39 bits per heavy atom. The van der Waals surface area contributed by atoms with Gasteiger partial charge < -0.3 is 0 Å². The van der Waals surface area contributed by atoms with E-state index in [1.54, 1.807) is 43.3 Å². The first-order valence-electron chi connectivity index (χ1n) is 8.44. The first-order chi connectivity index (χ1) is 13.4. The van der Waals surface area contributed by atoms with E-state index in [1.807, 2.05) is 18.2 Å². The van der Waals surface area contributed by atoms with Crippen molar-refractivity contribution in [1.29, 1.82) is 0 Å². The summed E-state index contributed by atoms with van der Waals surface area (Å²) in [6.07, 6.45) is 0.0947. The summed E-state index contributed by atoms with van der Waals surface area (Å²) in [5, 5.41) is 4.69. The number of benzene rings is 2. The fraction of sp³-hybridized carbons (Fsp3) is 0.100. The molecule has 2 N–H and O–H groups in total. The number of hydrazine groups is 1. The van der Waals surface area contributed by atoms with Gasteiger partial charge in [-0.1, -0.05) is 41.9 Å². The first kappa shape index (κ1) is 19.3. The Morgan fingerprint density at radius 2 is 1.71 bits per heavy atom. The summed E-state index contributed by atoms with van der Waals surface area (Å²) in [6, 6.07) is 17.2. The van der Waals surface area contributed by atoms with E-state index in [4.69, 9.17) is 11.6 Å². The average molecular weight is 397 g/mol. The van der Waals surface area contributed by atoms with Crippen LogP contribution in [0.2, 0.25) is 5.02 Å². The standard InChI is InChI=1S/C20H17ClN4O3/c1-13-11-17(26)19(24-25(13)16-9-7-15(21)8-10-16)20(28)23-22-18(27)12-14-5-3-2-4-6-14/h2-11H,12H2,1H3,(H,22,27)(H,23,28). The predicted molar refractivity (Wildman–Crippen MR) is 105 cm³/mol. The molecule has 2 amide bonds. The third-order valence-corrected chi connectivity index (χ3v) is 4.17. The van der Waals surface area contributed by atoms with Gasteiger partial charge >= 0.3 is 0 Å². The second-order valence-electron chi connectivity index (χ2n) is 6.05. The summed E-state index contributed by atoms with van der Waals surface area (Å²) in [5.74, 6) is -1.21. The summed E-state index contributed by atoms with van der Waals surface area (Å²) >= 11 is 5.89. The molecule has 0 saturated carbocycles. The van der Waals surface area contributed by atoms with Gasteiger partial charge in [0.1, 0.15) is 0 Å². The molecule has 0 saturated heterocycles. The van der Waals surface area contributed by atoms with Gasteiger partial charge in [0.05, 0.1) is 12.1 Å². The highest BCUT2D eigenvalue weighted by atomic mass is 35.5. The Morgan fingerprint density at radius 1 is 1.04 bits per heavy atom. The van der Waals surface area contributed by atoms with Crippen molar-refractivity contribution in [2.45, 2.75) is 13.3 Å². The molecule has 0 bridgehead atoms. The van der Waals surface area contributed by atoms with Crippen molar-refractivity contribution in [3.63, 3.8) is 0 Å². The van der Waals surface area contributed by atoms with E-state index in [0.29, 0.717) is 16.4 Å². The molecule has 0 fully saturated rings. The Bertz CT molecular complexity index is 1060. The number of nitrogens with one attached hydrogen (secondary N) is 2. The molecule has 1 heterocycles. The topological polar surface area (TPSA) is 93.1 Å². The molecule has 0 radical (unpaired) electrons. The Hall–Kier alpha value is -3.45. The molecule has 142 valence electrons. The highest BCUT2D eigenvalue weighted by Gasteiger charge is 2.16. The molecular weight excluding hydrogens is 380 g/mol. The zero-order valence-electron chi connectivity index (χ0n) is 15.0. The van der Waals surface area contributed by atoms with Crippen LogP contribution in [-0.4, -0.2) is 21.6 Å². The summed E-state index contributed by atoms with van der Waals surface area (Å²) in [4.78, 5) is 36.5. The average Bonchev–Trinajstić information content (AvgIpc) is 2.68. The minimum Gasteiger partial charge on any atom is -0.287 e. The Balaban J connectivity index is 1.74. The van der Waals surface area contributed by atoms with Crippen LogP contribution >= 0.6 is 11.6 Å². The number of carbonyl (C=O) groups excluding carboxylic acids is 2. The smallest absolute Gasteiger partial charge is 0.287 e. The quantitative estimate of drug-likeness (QED) is 0.661. The SMILES string of the molecule is Cc1cc(=O)c(C(=O)NNC(=O)Cc2ccccc2)nn1-c1ccc(Cl)cc1. The molecule has 2 aromatic carbocycles. The number of halogens is 1. The van der Waals surface area contributed by atoms with Crippen LogP contribution in [-0.2, 0) is 11.2 Å². The molecule has 0 atom stereocenters. The van der Waals surface area contributed by atoms with Crippen LogP contribution < -0.4 is 16.3 Å². The van der Waals surface area contributed by atoms with E-state index >= 15 is 0 Å². The summed E-state index contributed by atoms with van der Waals surface area (Å²) in [7, 11) is 0. The van der Waals surface area contributed by atoms with Gasteiger partial charge in [0.15, 0.2) is 5.69 Å². The predicted octanol–water partition coefficient (Wildman–Crippen LogP) is 2.20. The minimum absolute atomic E-state index is 0.0947. The van der Waals surface area contributed by atoms with Gasteiger partial charge in [-0.15, -0.1) is 0 Å². The van der Waals surface area contributed by atoms with Crippen LogP contribution in [0.1, 0.15) is 21.7 Å². The number of aryl methyl sites for hydroxylation is 1. The second-order valence-corrected chi connectivity index (χ2v) is 6.49. The van der Waals surface area contributed by atoms with Crippen molar-refractivity contribution in [2.24, 2.45) is 0 Å². The van der Waals surface area contributed by atoms with Gasteiger partial charge in [-0.05, 0) is 36.8 Å². The molecule has 0 aliphatic carbocycles. The van der Waals surface area contributed by atoms with E-state index in [0.717, 1.165) is 5.56 Å². The van der Waals surface area contributed by atoms with Crippen LogP contribution in [0.25, 0.3) is 5.69 Å². The monoisotopic (exact) mass is 396 g/mol. The van der Waals surface area contributed by atoms with Gasteiger partial charge in [0.2, 0.25) is 11.3 Å². The van der Waals surface area contributed by atoms with Crippen molar-refractivity contribution in [3.8, 4) is 5.69 Å². The Labute approximate surface area is 165 Å². The van der Waals surface area contributed by atoms with E-state index in [-0.39, 0.29) is 12.1 Å². The van der Waals surface area contributed by atoms with Crippen molar-refractivity contribution >= 4 is 23.4 Å². The van der Waals surface area contributed by atoms with Gasteiger partial charge in [-0.3, -0.25) is 25.2 Å². The number of carbonyl (C=O) groups is 2. The van der Waals surface area contributed by atoms with Crippen LogP contribution in [0, 0.1) is 6.92 Å². The van der Waals surface area contributed by atoms with Gasteiger partial charge in [-0.25, -0.2) is 4.68 Å². The number of hydrogen-bond acceptors (Lipinski definition) is 4. The van der Waals surface area contributed by atoms with Crippen LogP contribution in [0.5, 0.6) is 0 Å². The molecule has 28 heavy (non-hydrogen) atoms. The zero-order chi connectivity index (χ0) is 20.1. The number of hydrogen-bond donors (Lipinski definition) is 2. The minimum atomic E-state index is -0.797. The third kappa shape index (κ3) is 4.63. The second kappa shape index (κ2) is 8.49. The number of amides is 2. The molecule has 0 unspecified atom stereocenters. The molecular formula is C20H17ClN4O3. The Kier molecular flexibility index (Phi) is 5.86. The normalized spacial score (nSPS) is 10.4. The molecule has 3 aromatic rings. The van der Waals surface area contributed by atoms with Crippen molar-refractivity contribution in [3.05, 3.63) is 92.9 Å². The maximum Gasteiger partial charge on any atom is 0.294 e. The highest BCUT2D eigenvalue weighted by molar-refractivity contribution is 6.30. The summed E-state index contributed by atoms with van der Waals surface area (Å²) in [5.41, 5.74) is 5.64. The molecule has 0 aliphatic rings. The molecule has 3 rings (SSSR count). The maximum absolute atomic E-state index is 12.3. The largest absolute Gasteiger partial charge is 0.294 e. The van der Waals surface area contributed by atoms with Gasteiger partial charge in [-0.2, -0.15) is 5.10 Å². The van der Waals surface area contributed by atoms with Crippen LogP contribution in [0.15, 0.2) is 65.5 Å². The number of nitrogens with zero attached hydrogens (tertiary/aromatic N) is 2. The lowest BCUT2D eigenvalue weighted by molar-refractivity contribution is -0.121. The highest BCUT2D eigenvalue weighted by Crippen LogP contribution is 2.13. The molecule has 0 spiro atoms. The lowest BCUT2D eigenvalue weighted by Gasteiger charge is -2.12. The van der Waals surface area contributed by atoms with Crippen LogP contribution in [0.3, 0.4) is 0 Å². The lowest BCUT2D eigenvalue weighted by Crippen LogP contribution is -2.44. The summed E-state index contributed by atoms with van der Waals surface area (Å²) < 4.78 is 1.46. The van der Waals surface area contributed by atoms with E-state index in [2.05, 4.69) is 16.0 Å². The maximum atomic E-state index is 12.3. The van der Waals surface area contributed by atoms with Gasteiger partial charge in [0.25, 0.3) is 5.91 Å². The zero-order valence-corrected chi connectivity index (χ0v) is 15.7. The molecule has 7 nitrogen and oxygen atoms in total. The van der Waals surface area contributed by atoms with E-state index in [1.165, 1.54) is 10.7 Å². The summed E-state index contributed by atoms with van der Waals surface area (Å²) in [6.45, 7) is 1.70. The fourth-order valence-electron chi connectivity index (χ4n) is 2.56. The van der Waals surface area contributed by atoms with Crippen molar-refractivity contribution in [1.82, 2.24) is 20.6 Å². The molecule has 8 heteroatoms. The van der Waals surface area contributed by atoms with Crippen LogP contribution in [0.4, 0.5) is 0 Å². The van der Waals surface area contributed by atoms with E-state index in [9.17, 15) is 14.4 Å². The molecule has 0 aliphatic heterocycles. The number of aromatic nitrogens is 2.